The molecule has 0 aliphatic heterocycles. The van der Waals surface area contributed by atoms with Crippen molar-refractivity contribution < 1.29 is 19.2 Å². The summed E-state index contributed by atoms with van der Waals surface area (Å²) in [6.45, 7) is 3.45. The Bertz CT molecular complexity index is 784. The number of rotatable bonds is 5. The van der Waals surface area contributed by atoms with E-state index in [0.717, 1.165) is 11.1 Å². The van der Waals surface area contributed by atoms with E-state index in [1.807, 2.05) is 26.0 Å². The monoisotopic (exact) mass is 328 g/mol. The van der Waals surface area contributed by atoms with Gasteiger partial charge in [-0.3, -0.25) is 14.9 Å². The lowest BCUT2D eigenvalue weighted by Crippen LogP contribution is -2.21. The fraction of sp³-hybridized carbons (Fsp3) is 0.176. The van der Waals surface area contributed by atoms with E-state index in [0.29, 0.717) is 5.69 Å². The third kappa shape index (κ3) is 4.39. The molecule has 0 bridgehead atoms. The molecule has 0 spiro atoms. The molecule has 2 rings (SSSR count). The predicted octanol–water partition coefficient (Wildman–Crippen LogP) is 3.01. The molecule has 0 atom stereocenters. The second-order valence-corrected chi connectivity index (χ2v) is 5.23. The molecular weight excluding hydrogens is 312 g/mol. The van der Waals surface area contributed by atoms with Crippen molar-refractivity contribution in [1.29, 1.82) is 0 Å². The lowest BCUT2D eigenvalue weighted by Gasteiger charge is -2.08. The molecule has 0 heterocycles. The van der Waals surface area contributed by atoms with E-state index in [2.05, 4.69) is 5.32 Å². The summed E-state index contributed by atoms with van der Waals surface area (Å²) in [4.78, 5) is 33.6. The van der Waals surface area contributed by atoms with E-state index in [9.17, 15) is 19.7 Å². The first kappa shape index (κ1) is 17.1. The highest BCUT2D eigenvalue weighted by Gasteiger charge is 2.12. The van der Waals surface area contributed by atoms with Crippen LogP contribution in [-0.2, 0) is 9.53 Å². The maximum Gasteiger partial charge on any atom is 0.338 e. The van der Waals surface area contributed by atoms with Crippen LogP contribution in [0.15, 0.2) is 42.5 Å². The highest BCUT2D eigenvalue weighted by Crippen LogP contribution is 2.15. The number of ether oxygens (including phenoxy) is 1. The fourth-order valence-electron chi connectivity index (χ4n) is 1.95. The van der Waals surface area contributed by atoms with E-state index in [1.165, 1.54) is 24.3 Å². The molecule has 0 aromatic heterocycles. The molecule has 0 unspecified atom stereocenters. The Morgan fingerprint density at radius 3 is 2.33 bits per heavy atom. The van der Waals surface area contributed by atoms with Crippen molar-refractivity contribution in [3.05, 3.63) is 69.3 Å². The van der Waals surface area contributed by atoms with Gasteiger partial charge in [-0.2, -0.15) is 0 Å². The van der Waals surface area contributed by atoms with Crippen LogP contribution in [0.4, 0.5) is 11.4 Å². The van der Waals surface area contributed by atoms with Crippen molar-refractivity contribution in [3.63, 3.8) is 0 Å². The van der Waals surface area contributed by atoms with Gasteiger partial charge >= 0.3 is 5.97 Å². The second-order valence-electron chi connectivity index (χ2n) is 5.23. The van der Waals surface area contributed by atoms with E-state index in [4.69, 9.17) is 4.74 Å². The Morgan fingerprint density at radius 1 is 1.08 bits per heavy atom. The topological polar surface area (TPSA) is 98.5 Å². The molecular formula is C17H16N2O5. The minimum Gasteiger partial charge on any atom is -0.452 e. The summed E-state index contributed by atoms with van der Waals surface area (Å²) in [6, 6.07) is 10.4. The lowest BCUT2D eigenvalue weighted by atomic mass is 10.1. The smallest absolute Gasteiger partial charge is 0.338 e. The molecule has 2 aromatic rings. The highest BCUT2D eigenvalue weighted by atomic mass is 16.6. The largest absolute Gasteiger partial charge is 0.452 e. The van der Waals surface area contributed by atoms with E-state index in [-0.39, 0.29) is 11.3 Å². The van der Waals surface area contributed by atoms with Crippen molar-refractivity contribution in [2.75, 3.05) is 11.9 Å². The lowest BCUT2D eigenvalue weighted by molar-refractivity contribution is -0.384. The van der Waals surface area contributed by atoms with Gasteiger partial charge < -0.3 is 10.1 Å². The van der Waals surface area contributed by atoms with Gasteiger partial charge in [0.05, 0.1) is 10.5 Å². The first-order valence-electron chi connectivity index (χ1n) is 7.15. The van der Waals surface area contributed by atoms with Crippen LogP contribution in [0.1, 0.15) is 21.5 Å². The highest BCUT2D eigenvalue weighted by molar-refractivity contribution is 5.95. The van der Waals surface area contributed by atoms with Crippen LogP contribution in [0.5, 0.6) is 0 Å². The molecule has 124 valence electrons. The van der Waals surface area contributed by atoms with Gasteiger partial charge in [0.2, 0.25) is 0 Å². The van der Waals surface area contributed by atoms with Crippen LogP contribution in [0, 0.1) is 24.0 Å². The van der Waals surface area contributed by atoms with Gasteiger partial charge in [0, 0.05) is 17.8 Å². The summed E-state index contributed by atoms with van der Waals surface area (Å²) in [5, 5.41) is 13.2. The van der Waals surface area contributed by atoms with Crippen molar-refractivity contribution in [2.45, 2.75) is 13.8 Å². The summed E-state index contributed by atoms with van der Waals surface area (Å²) in [5.41, 5.74) is 2.78. The number of hydrogen-bond donors (Lipinski definition) is 1. The number of esters is 1. The fourth-order valence-corrected chi connectivity index (χ4v) is 1.95. The number of nitro groups is 1. The molecule has 0 saturated carbocycles. The number of carbonyl (C=O) groups is 2. The summed E-state index contributed by atoms with van der Waals surface area (Å²) in [7, 11) is 0. The molecule has 0 saturated heterocycles. The summed E-state index contributed by atoms with van der Waals surface area (Å²) >= 11 is 0. The van der Waals surface area contributed by atoms with Crippen LogP contribution in [0.25, 0.3) is 0 Å². The van der Waals surface area contributed by atoms with E-state index >= 15 is 0 Å². The van der Waals surface area contributed by atoms with Crippen LogP contribution < -0.4 is 5.32 Å². The van der Waals surface area contributed by atoms with Gasteiger partial charge in [-0.05, 0) is 49.2 Å². The number of nitro benzene ring substituents is 1. The van der Waals surface area contributed by atoms with Crippen molar-refractivity contribution >= 4 is 23.3 Å². The zero-order chi connectivity index (χ0) is 17.7. The van der Waals surface area contributed by atoms with Gasteiger partial charge in [0.15, 0.2) is 6.61 Å². The quantitative estimate of drug-likeness (QED) is 0.517. The van der Waals surface area contributed by atoms with Crippen LogP contribution in [-0.4, -0.2) is 23.4 Å². The number of anilines is 1. The average molecular weight is 328 g/mol. The van der Waals surface area contributed by atoms with Crippen molar-refractivity contribution in [3.8, 4) is 0 Å². The van der Waals surface area contributed by atoms with Crippen LogP contribution >= 0.6 is 0 Å². The zero-order valence-electron chi connectivity index (χ0n) is 13.2. The zero-order valence-corrected chi connectivity index (χ0v) is 13.2. The predicted molar refractivity (Wildman–Crippen MR) is 87.9 cm³/mol. The number of aryl methyl sites for hydroxylation is 2. The first-order valence-corrected chi connectivity index (χ1v) is 7.15. The third-order valence-electron chi connectivity index (χ3n) is 3.44. The van der Waals surface area contributed by atoms with Gasteiger partial charge in [-0.1, -0.05) is 6.07 Å². The van der Waals surface area contributed by atoms with Crippen molar-refractivity contribution in [2.24, 2.45) is 0 Å². The number of nitrogens with zero attached hydrogens (tertiary/aromatic N) is 1. The normalized spacial score (nSPS) is 10.1. The van der Waals surface area contributed by atoms with Gasteiger partial charge in [-0.15, -0.1) is 0 Å². The average Bonchev–Trinajstić information content (AvgIpc) is 2.56. The SMILES string of the molecule is Cc1ccc(NC(=O)COC(=O)c2ccc([N+](=O)[O-])cc2)cc1C. The minimum absolute atomic E-state index is 0.126. The first-order chi connectivity index (χ1) is 11.4. The van der Waals surface area contributed by atoms with Crippen molar-refractivity contribution in [1.82, 2.24) is 0 Å². The second kappa shape index (κ2) is 7.36. The molecule has 1 amide bonds. The molecule has 24 heavy (non-hydrogen) atoms. The Morgan fingerprint density at radius 2 is 1.75 bits per heavy atom. The summed E-state index contributed by atoms with van der Waals surface area (Å²) < 4.78 is 4.90. The van der Waals surface area contributed by atoms with Gasteiger partial charge in [0.1, 0.15) is 0 Å². The number of benzene rings is 2. The maximum absolute atomic E-state index is 11.8. The number of nitrogens with one attached hydrogen (secondary N) is 1. The molecule has 7 heteroatoms. The third-order valence-corrected chi connectivity index (χ3v) is 3.44. The molecule has 0 aliphatic carbocycles. The number of non-ortho nitro benzene ring substituents is 1. The Hall–Kier alpha value is -3.22. The molecule has 7 nitrogen and oxygen atoms in total. The Kier molecular flexibility index (Phi) is 5.26. The standard InChI is InChI=1S/C17H16N2O5/c1-11-3-6-14(9-12(11)2)18-16(20)10-24-17(21)13-4-7-15(8-5-13)19(22)23/h3-9H,10H2,1-2H3,(H,18,20). The number of carbonyl (C=O) groups excluding carboxylic acids is 2. The van der Waals surface area contributed by atoms with Crippen LogP contribution in [0.3, 0.4) is 0 Å². The minimum atomic E-state index is -0.722. The van der Waals surface area contributed by atoms with Crippen LogP contribution in [0.2, 0.25) is 0 Å². The number of hydrogen-bond acceptors (Lipinski definition) is 5. The molecule has 1 N–H and O–H groups in total. The maximum atomic E-state index is 11.8. The molecule has 2 aromatic carbocycles. The van der Waals surface area contributed by atoms with Gasteiger partial charge in [-0.25, -0.2) is 4.79 Å². The molecule has 0 fully saturated rings. The molecule has 0 radical (unpaired) electrons. The number of amides is 1. The Labute approximate surface area is 138 Å². The summed E-state index contributed by atoms with van der Waals surface area (Å²) in [6.07, 6.45) is 0. The van der Waals surface area contributed by atoms with E-state index in [1.54, 1.807) is 6.07 Å². The van der Waals surface area contributed by atoms with Gasteiger partial charge in [0.25, 0.3) is 11.6 Å². The molecule has 0 aliphatic rings. The Balaban J connectivity index is 1.89. The van der Waals surface area contributed by atoms with E-state index < -0.39 is 23.4 Å². The summed E-state index contributed by atoms with van der Waals surface area (Å²) in [5.74, 6) is -1.19.